The van der Waals surface area contributed by atoms with Crippen LogP contribution in [-0.4, -0.2) is 30.8 Å². The summed E-state index contributed by atoms with van der Waals surface area (Å²) in [5, 5.41) is 1.39. The topological polar surface area (TPSA) is 76.1 Å². The van der Waals surface area contributed by atoms with Crippen molar-refractivity contribution in [3.8, 4) is 0 Å². The van der Waals surface area contributed by atoms with E-state index in [-0.39, 0.29) is 0 Å². The van der Waals surface area contributed by atoms with Crippen LogP contribution < -0.4 is 5.32 Å². The molecule has 16 heavy (non-hydrogen) atoms. The van der Waals surface area contributed by atoms with Crippen molar-refractivity contribution >= 4 is 21.6 Å². The number of carbonyl (C=O) groups excluding carboxylic acids is 1. The van der Waals surface area contributed by atoms with Crippen molar-refractivity contribution in [1.82, 2.24) is 4.98 Å². The Labute approximate surface area is 94.8 Å². The smallest absolute Gasteiger partial charge is 0.243 e. The number of carbonyl (C=O) groups is 1. The molecular weight excluding hydrogens is 228 g/mol. The van der Waals surface area contributed by atoms with E-state index in [9.17, 15) is 13.2 Å². The van der Waals surface area contributed by atoms with Gasteiger partial charge in [0.25, 0.3) is 0 Å². The number of anilines is 1. The van der Waals surface area contributed by atoms with Crippen LogP contribution in [0.3, 0.4) is 0 Å². The summed E-state index contributed by atoms with van der Waals surface area (Å²) >= 11 is 0. The third-order valence-corrected chi connectivity index (χ3v) is 3.65. The van der Waals surface area contributed by atoms with E-state index < -0.39 is 21.0 Å². The molecule has 1 heterocycles. The molecule has 88 valence electrons. The van der Waals surface area contributed by atoms with Gasteiger partial charge in [-0.3, -0.25) is 4.79 Å². The molecule has 1 N–H and O–H groups in total. The van der Waals surface area contributed by atoms with Crippen LogP contribution in [0.5, 0.6) is 0 Å². The molecule has 0 spiro atoms. The average Bonchev–Trinajstić information content (AvgIpc) is 2.15. The van der Waals surface area contributed by atoms with Crippen LogP contribution >= 0.6 is 0 Å². The van der Waals surface area contributed by atoms with E-state index in [1.54, 1.807) is 25.1 Å². The Bertz CT molecular complexity index is 497. The van der Waals surface area contributed by atoms with Gasteiger partial charge in [0, 0.05) is 11.9 Å². The number of sulfone groups is 1. The van der Waals surface area contributed by atoms with Gasteiger partial charge in [-0.05, 0) is 26.0 Å². The molecule has 0 aliphatic rings. The van der Waals surface area contributed by atoms with Crippen molar-refractivity contribution in [2.75, 3.05) is 11.6 Å². The van der Waals surface area contributed by atoms with Gasteiger partial charge in [-0.2, -0.15) is 0 Å². The van der Waals surface area contributed by atoms with Gasteiger partial charge in [0.1, 0.15) is 11.1 Å². The molecule has 0 aliphatic carbocycles. The van der Waals surface area contributed by atoms with E-state index in [1.807, 2.05) is 0 Å². The molecule has 1 rings (SSSR count). The summed E-state index contributed by atoms with van der Waals surface area (Å²) in [5.41, 5.74) is 0.754. The zero-order valence-electron chi connectivity index (χ0n) is 9.39. The van der Waals surface area contributed by atoms with E-state index in [1.165, 1.54) is 6.92 Å². The quantitative estimate of drug-likeness (QED) is 0.849. The highest BCUT2D eigenvalue weighted by atomic mass is 32.2. The first-order chi connectivity index (χ1) is 7.30. The lowest BCUT2D eigenvalue weighted by Crippen LogP contribution is -2.32. The van der Waals surface area contributed by atoms with Crippen molar-refractivity contribution in [3.63, 3.8) is 0 Å². The van der Waals surface area contributed by atoms with E-state index in [0.29, 0.717) is 5.82 Å². The number of nitrogens with zero attached hydrogens (tertiary/aromatic N) is 1. The zero-order chi connectivity index (χ0) is 12.3. The third-order valence-electron chi connectivity index (χ3n) is 2.15. The molecule has 0 radical (unpaired) electrons. The maximum Gasteiger partial charge on any atom is 0.243 e. The molecule has 0 bridgehead atoms. The van der Waals surface area contributed by atoms with E-state index in [4.69, 9.17) is 0 Å². The predicted octanol–water partition coefficient (Wildman–Crippen LogP) is 0.762. The van der Waals surface area contributed by atoms with Crippen LogP contribution in [0.2, 0.25) is 0 Å². The zero-order valence-corrected chi connectivity index (χ0v) is 10.2. The maximum absolute atomic E-state index is 11.5. The Kier molecular flexibility index (Phi) is 3.64. The lowest BCUT2D eigenvalue weighted by atomic mass is 10.3. The number of nitrogens with one attached hydrogen (secondary N) is 1. The molecular formula is C10H14N2O3S. The van der Waals surface area contributed by atoms with Gasteiger partial charge in [-0.15, -0.1) is 0 Å². The highest BCUT2D eigenvalue weighted by molar-refractivity contribution is 7.92. The summed E-state index contributed by atoms with van der Waals surface area (Å²) in [7, 11) is -3.37. The molecule has 5 nitrogen and oxygen atoms in total. The monoisotopic (exact) mass is 242 g/mol. The largest absolute Gasteiger partial charge is 0.310 e. The van der Waals surface area contributed by atoms with Crippen molar-refractivity contribution in [2.45, 2.75) is 19.1 Å². The lowest BCUT2D eigenvalue weighted by molar-refractivity contribution is -0.115. The van der Waals surface area contributed by atoms with E-state index >= 15 is 0 Å². The summed E-state index contributed by atoms with van der Waals surface area (Å²) in [6, 6.07) is 5.14. The summed E-state index contributed by atoms with van der Waals surface area (Å²) in [6.07, 6.45) is 1.03. The summed E-state index contributed by atoms with van der Waals surface area (Å²) in [6.45, 7) is 3.14. The van der Waals surface area contributed by atoms with Crippen LogP contribution in [0, 0.1) is 6.92 Å². The van der Waals surface area contributed by atoms with Gasteiger partial charge in [0.05, 0.1) is 0 Å². The van der Waals surface area contributed by atoms with Crippen LogP contribution in [0.15, 0.2) is 18.2 Å². The Morgan fingerprint density at radius 1 is 1.44 bits per heavy atom. The van der Waals surface area contributed by atoms with Crippen molar-refractivity contribution < 1.29 is 13.2 Å². The fourth-order valence-corrected chi connectivity index (χ4v) is 1.48. The second-order valence-electron chi connectivity index (χ2n) is 3.63. The Morgan fingerprint density at radius 2 is 2.06 bits per heavy atom. The van der Waals surface area contributed by atoms with Crippen molar-refractivity contribution in [2.24, 2.45) is 0 Å². The number of hydrogen-bond acceptors (Lipinski definition) is 4. The van der Waals surface area contributed by atoms with E-state index in [2.05, 4.69) is 10.3 Å². The number of pyridine rings is 1. The summed E-state index contributed by atoms with van der Waals surface area (Å²) < 4.78 is 22.3. The minimum Gasteiger partial charge on any atom is -0.310 e. The first-order valence-corrected chi connectivity index (χ1v) is 6.69. The Hall–Kier alpha value is -1.43. The van der Waals surface area contributed by atoms with E-state index in [0.717, 1.165) is 11.9 Å². The van der Waals surface area contributed by atoms with Crippen molar-refractivity contribution in [1.29, 1.82) is 0 Å². The molecule has 1 atom stereocenters. The van der Waals surface area contributed by atoms with Gasteiger partial charge in [-0.1, -0.05) is 6.07 Å². The maximum atomic E-state index is 11.5. The molecule has 0 aromatic carbocycles. The van der Waals surface area contributed by atoms with Crippen molar-refractivity contribution in [3.05, 3.63) is 23.9 Å². The minimum atomic E-state index is -3.37. The minimum absolute atomic E-state index is 0.362. The van der Waals surface area contributed by atoms with Gasteiger partial charge >= 0.3 is 0 Å². The van der Waals surface area contributed by atoms with Crippen LogP contribution in [-0.2, 0) is 14.6 Å². The molecule has 6 heteroatoms. The fraction of sp³-hybridized carbons (Fsp3) is 0.400. The Morgan fingerprint density at radius 3 is 2.56 bits per heavy atom. The highest BCUT2D eigenvalue weighted by Gasteiger charge is 2.23. The number of amides is 1. The first-order valence-electron chi connectivity index (χ1n) is 4.74. The summed E-state index contributed by atoms with van der Waals surface area (Å²) in [4.78, 5) is 15.6. The lowest BCUT2D eigenvalue weighted by Gasteiger charge is -2.09. The molecule has 0 saturated heterocycles. The highest BCUT2D eigenvalue weighted by Crippen LogP contribution is 2.06. The van der Waals surface area contributed by atoms with Gasteiger partial charge in [0.2, 0.25) is 5.91 Å². The SMILES string of the molecule is Cc1cccc(NC(=O)[C@H](C)S(C)(=O)=O)n1. The number of aromatic nitrogens is 1. The number of aryl methyl sites for hydroxylation is 1. The number of rotatable bonds is 3. The summed E-state index contributed by atoms with van der Waals surface area (Å²) in [5.74, 6) is -0.207. The van der Waals surface area contributed by atoms with Gasteiger partial charge in [0.15, 0.2) is 9.84 Å². The van der Waals surface area contributed by atoms with Gasteiger partial charge in [-0.25, -0.2) is 13.4 Å². The second-order valence-corrected chi connectivity index (χ2v) is 5.99. The predicted molar refractivity (Wildman–Crippen MR) is 61.9 cm³/mol. The van der Waals surface area contributed by atoms with Crippen LogP contribution in [0.4, 0.5) is 5.82 Å². The molecule has 0 unspecified atom stereocenters. The molecule has 1 aromatic rings. The van der Waals surface area contributed by atoms with Crippen LogP contribution in [0.25, 0.3) is 0 Å². The average molecular weight is 242 g/mol. The third kappa shape index (κ3) is 3.30. The Balaban J connectivity index is 2.80. The molecule has 0 fully saturated rings. The standard InChI is InChI=1S/C10H14N2O3S/c1-7-5-4-6-9(11-7)12-10(13)8(2)16(3,14)15/h4-6,8H,1-3H3,(H,11,12,13)/t8-/m0/s1. The normalized spacial score (nSPS) is 13.2. The van der Waals surface area contributed by atoms with Crippen LogP contribution in [0.1, 0.15) is 12.6 Å². The molecule has 0 aliphatic heterocycles. The molecule has 1 amide bonds. The number of hydrogen-bond donors (Lipinski definition) is 1. The second kappa shape index (κ2) is 4.61. The molecule has 0 saturated carbocycles. The molecule has 1 aromatic heterocycles. The first kappa shape index (κ1) is 12.6. The van der Waals surface area contributed by atoms with Gasteiger partial charge < -0.3 is 5.32 Å². The fourth-order valence-electron chi connectivity index (χ4n) is 1.03.